The van der Waals surface area contributed by atoms with Gasteiger partial charge in [0.25, 0.3) is 5.91 Å². The quantitative estimate of drug-likeness (QED) is 0.0119. The third-order valence-corrected chi connectivity index (χ3v) is 18.2. The maximum absolute atomic E-state index is 14.2. The van der Waals surface area contributed by atoms with Gasteiger partial charge in [0.05, 0.1) is 30.9 Å². The molecule has 0 radical (unpaired) electrons. The van der Waals surface area contributed by atoms with Crippen molar-refractivity contribution in [2.45, 2.75) is 182 Å². The van der Waals surface area contributed by atoms with Crippen LogP contribution >= 0.6 is 21.6 Å². The average molecular weight is 1440 g/mol. The first-order valence-corrected chi connectivity index (χ1v) is 38.6. The number of likely N-dealkylation sites (tertiary alicyclic amines) is 1. The van der Waals surface area contributed by atoms with Gasteiger partial charge in [-0.25, -0.2) is 14.4 Å². The summed E-state index contributed by atoms with van der Waals surface area (Å²) >= 11 is 0. The van der Waals surface area contributed by atoms with Gasteiger partial charge in [0, 0.05) is 101 Å². The van der Waals surface area contributed by atoms with Crippen LogP contribution in [0.15, 0.2) is 134 Å². The van der Waals surface area contributed by atoms with Crippen LogP contribution in [0.2, 0.25) is 0 Å². The van der Waals surface area contributed by atoms with E-state index in [1.54, 1.807) is 42.8 Å². The highest BCUT2D eigenvalue weighted by Crippen LogP contribution is 2.31. The van der Waals surface area contributed by atoms with E-state index in [0.717, 1.165) is 77.0 Å². The van der Waals surface area contributed by atoms with Gasteiger partial charge in [0.2, 0.25) is 11.8 Å². The van der Waals surface area contributed by atoms with E-state index in [-0.39, 0.29) is 97.0 Å². The summed E-state index contributed by atoms with van der Waals surface area (Å²) in [6.07, 6.45) is 34.1. The lowest BCUT2D eigenvalue weighted by atomic mass is 9.86. The smallest absolute Gasteiger partial charge is 0.347 e. The standard InChI is InChI=1S/C78H113N5O16S2/c1-8-13-18-19-20-21-22-23-24-25-26-27-28-29-30-31-42-70(86)96-60-78(6,7)73(99-77(90)63-39-33-35-41-66(63)98-76(89)62-38-32-34-40-65(62)97-75(88)61-37-36-44-79-56-61)74(87)82-45-43-68(84)80-46-54-100-101-55-47-81-69(85)59-92-53-48-83-57-67(93-50-15-10-3)72(95-52-17-12-5)71(94-51-16-11-4)64(83)58-91-49-14-9-2/h13,18,20-21,23-24,26-29,32-41,44,56,64,67,71-73H,8-12,14-17,19,22,25,30-31,42-43,45-55,57-60H2,1-7H3,(H,80,84)(H,81,85)(H,82,87)/b18-13-,21-20-,24-23-,27-26+,29-28+/t64?,67-,71-,72?,73+/m1/s1. The Balaban J connectivity index is 1.27. The highest BCUT2D eigenvalue weighted by molar-refractivity contribution is 8.76. The van der Waals surface area contributed by atoms with E-state index in [9.17, 15) is 33.6 Å². The van der Waals surface area contributed by atoms with Crippen LogP contribution in [0.3, 0.4) is 0 Å². The third-order valence-electron chi connectivity index (χ3n) is 15.8. The first-order valence-electron chi connectivity index (χ1n) is 36.1. The molecule has 4 rings (SSSR count). The van der Waals surface area contributed by atoms with Crippen LogP contribution in [0.5, 0.6) is 11.5 Å². The maximum Gasteiger partial charge on any atom is 0.347 e. The highest BCUT2D eigenvalue weighted by atomic mass is 33.1. The number of hydrogen-bond donors (Lipinski definition) is 3. The summed E-state index contributed by atoms with van der Waals surface area (Å²) in [4.78, 5) is 100. The molecular weight excluding hydrogens is 1330 g/mol. The van der Waals surface area contributed by atoms with Crippen LogP contribution in [0.4, 0.5) is 0 Å². The molecular formula is C78H113N5O16S2. The van der Waals surface area contributed by atoms with E-state index in [1.165, 1.54) is 65.7 Å². The minimum absolute atomic E-state index is 0.0725. The fourth-order valence-corrected chi connectivity index (χ4v) is 11.9. The number of ether oxygens (including phenoxy) is 9. The van der Waals surface area contributed by atoms with Crippen molar-refractivity contribution in [1.29, 1.82) is 0 Å². The van der Waals surface area contributed by atoms with E-state index in [1.807, 2.05) is 24.3 Å². The van der Waals surface area contributed by atoms with E-state index < -0.39 is 41.3 Å². The van der Waals surface area contributed by atoms with Crippen molar-refractivity contribution in [2.75, 3.05) is 97.1 Å². The number of piperidine rings is 1. The lowest BCUT2D eigenvalue weighted by molar-refractivity contribution is -0.203. The first-order chi connectivity index (χ1) is 49.2. The molecule has 0 spiro atoms. The molecule has 2 unspecified atom stereocenters. The molecule has 1 aliphatic rings. The summed E-state index contributed by atoms with van der Waals surface area (Å²) in [5.41, 5.74) is -1.52. The molecule has 3 N–H and O–H groups in total. The van der Waals surface area contributed by atoms with Crippen molar-refractivity contribution < 1.29 is 76.2 Å². The van der Waals surface area contributed by atoms with Crippen molar-refractivity contribution >= 4 is 63.2 Å². The molecule has 3 aromatic rings. The highest BCUT2D eigenvalue weighted by Gasteiger charge is 2.46. The van der Waals surface area contributed by atoms with Gasteiger partial charge in [0.15, 0.2) is 6.10 Å². The van der Waals surface area contributed by atoms with E-state index in [0.29, 0.717) is 90.2 Å². The second-order valence-corrected chi connectivity index (χ2v) is 27.5. The van der Waals surface area contributed by atoms with Gasteiger partial charge in [-0.3, -0.25) is 29.1 Å². The Morgan fingerprint density at radius 2 is 1.18 bits per heavy atom. The fraction of sp³-hybridized carbons (Fsp3) is 0.564. The summed E-state index contributed by atoms with van der Waals surface area (Å²) in [6.45, 7) is 18.8. The van der Waals surface area contributed by atoms with Gasteiger partial charge >= 0.3 is 23.9 Å². The zero-order valence-electron chi connectivity index (χ0n) is 60.8. The average Bonchev–Trinajstić information content (AvgIpc) is 0.801. The normalized spacial score (nSPS) is 16.1. The molecule has 1 saturated heterocycles. The molecule has 0 bridgehead atoms. The van der Waals surface area contributed by atoms with Gasteiger partial charge in [-0.05, 0) is 101 Å². The van der Waals surface area contributed by atoms with Crippen molar-refractivity contribution in [3.05, 3.63) is 151 Å². The largest absolute Gasteiger partial charge is 0.465 e. The van der Waals surface area contributed by atoms with Gasteiger partial charge in [-0.2, -0.15) is 0 Å². The number of unbranched alkanes of at least 4 members (excludes halogenated alkanes) is 5. The minimum Gasteiger partial charge on any atom is -0.465 e. The van der Waals surface area contributed by atoms with Gasteiger partial charge in [0.1, 0.15) is 48.0 Å². The number of carbonyl (C=O) groups is 7. The number of allylic oxidation sites excluding steroid dienone is 10. The molecule has 558 valence electrons. The molecule has 5 atom stereocenters. The minimum atomic E-state index is -1.59. The molecule has 1 fully saturated rings. The molecule has 0 aliphatic carbocycles. The third kappa shape index (κ3) is 36.2. The zero-order valence-corrected chi connectivity index (χ0v) is 62.4. The summed E-state index contributed by atoms with van der Waals surface area (Å²) in [5.74, 6) is -3.74. The number of nitrogens with one attached hydrogen (secondary N) is 3. The van der Waals surface area contributed by atoms with Gasteiger partial charge in [-0.1, -0.05) is 181 Å². The van der Waals surface area contributed by atoms with Crippen molar-refractivity contribution in [3.63, 3.8) is 0 Å². The molecule has 0 saturated carbocycles. The predicted octanol–water partition coefficient (Wildman–Crippen LogP) is 13.3. The van der Waals surface area contributed by atoms with Crippen LogP contribution in [-0.4, -0.2) is 179 Å². The van der Waals surface area contributed by atoms with Crippen molar-refractivity contribution in [3.8, 4) is 11.5 Å². The molecule has 23 heteroatoms. The monoisotopic (exact) mass is 1440 g/mol. The van der Waals surface area contributed by atoms with E-state index in [2.05, 4.69) is 96.9 Å². The number of aromatic nitrogens is 1. The Morgan fingerprint density at radius 1 is 0.594 bits per heavy atom. The predicted molar refractivity (Wildman–Crippen MR) is 399 cm³/mol. The van der Waals surface area contributed by atoms with Crippen LogP contribution in [0, 0.1) is 5.41 Å². The Hall–Kier alpha value is -6.96. The number of para-hydroxylation sites is 2. The second-order valence-electron chi connectivity index (χ2n) is 24.8. The summed E-state index contributed by atoms with van der Waals surface area (Å²) in [6, 6.07) is 14.7. The molecule has 101 heavy (non-hydrogen) atoms. The number of amides is 3. The number of pyridine rings is 1. The van der Waals surface area contributed by atoms with Crippen LogP contribution in [0.25, 0.3) is 0 Å². The number of esters is 4. The number of carbonyl (C=O) groups excluding carboxylic acids is 7. The number of hydrogen-bond acceptors (Lipinski definition) is 20. The lowest BCUT2D eigenvalue weighted by Gasteiger charge is -2.48. The maximum atomic E-state index is 14.2. The summed E-state index contributed by atoms with van der Waals surface area (Å²) in [5, 5.41) is 8.50. The molecule has 1 aromatic heterocycles. The topological polar surface area (TPSA) is 255 Å². The Labute approximate surface area is 608 Å². The number of benzene rings is 2. The number of nitrogens with zero attached hydrogens (tertiary/aromatic N) is 2. The molecule has 2 aromatic carbocycles. The Bertz CT molecular complexity index is 3020. The van der Waals surface area contributed by atoms with Crippen LogP contribution in [0.1, 0.15) is 182 Å². The number of rotatable bonds is 54. The first kappa shape index (κ1) is 86.4. The lowest BCUT2D eigenvalue weighted by Crippen LogP contribution is -2.65. The molecule has 2 heterocycles. The Kier molecular flexibility index (Phi) is 46.0. The second kappa shape index (κ2) is 53.8. The van der Waals surface area contributed by atoms with E-state index >= 15 is 0 Å². The molecule has 1 aliphatic heterocycles. The SMILES string of the molecule is CC/C=C\C/C=C\C/C=C\C/C=C/C=C/CCCC(=O)OCC(C)(C)[C@@H](OC(=O)c1ccccc1OC(=O)c1ccccc1OC(=O)c1cccnc1)C(=O)NCCC(=O)NCCSSCCNC(=O)COCCN1C[C@@H](OCCCC)C(OCCCC)[C@H](OCCCC)C1COCCCC. The molecule has 21 nitrogen and oxygen atoms in total. The van der Waals surface area contributed by atoms with Gasteiger partial charge in [-0.15, -0.1) is 0 Å². The fourth-order valence-electron chi connectivity index (χ4n) is 10.1. The van der Waals surface area contributed by atoms with Gasteiger partial charge < -0.3 is 58.6 Å². The summed E-state index contributed by atoms with van der Waals surface area (Å²) < 4.78 is 54.9. The van der Waals surface area contributed by atoms with Crippen LogP contribution < -0.4 is 25.4 Å². The van der Waals surface area contributed by atoms with Crippen LogP contribution in [-0.2, 0) is 52.3 Å². The zero-order chi connectivity index (χ0) is 73.0. The van der Waals surface area contributed by atoms with E-state index in [4.69, 9.17) is 42.6 Å². The van der Waals surface area contributed by atoms with Crippen molar-refractivity contribution in [2.24, 2.45) is 5.41 Å². The van der Waals surface area contributed by atoms with Crippen molar-refractivity contribution in [1.82, 2.24) is 25.8 Å². The Morgan fingerprint density at radius 3 is 1.82 bits per heavy atom. The molecule has 3 amide bonds. The summed E-state index contributed by atoms with van der Waals surface area (Å²) in [7, 11) is 3.09.